The third-order valence-corrected chi connectivity index (χ3v) is 8.96. The molecule has 5 aromatic rings. The van der Waals surface area contributed by atoms with Gasteiger partial charge >= 0.3 is 0 Å². The van der Waals surface area contributed by atoms with E-state index in [1.807, 2.05) is 20.2 Å². The zero-order valence-electron chi connectivity index (χ0n) is 27.7. The van der Waals surface area contributed by atoms with Crippen LogP contribution in [0.15, 0.2) is 84.8 Å². The van der Waals surface area contributed by atoms with E-state index in [0.717, 1.165) is 11.1 Å². The standard InChI is InChI=1S/C34H36N10O5S/c1-26-4-8-31(9-5-26)50(45,46)49-17-16-47-14-15-48-25-30-24-43(12-13-44(30)34-35-10-3-11-36-34)33-39-20-28(21-40-33)7-6-27-18-37-32(38-19-27)29-22-41-42(2)23-29/h3-5,8-11,18-23,30H,12-17,24-25H2,1-2H3. The summed E-state index contributed by atoms with van der Waals surface area (Å²) in [6, 6.07) is 8.18. The summed E-state index contributed by atoms with van der Waals surface area (Å²) in [4.78, 5) is 31.2. The molecule has 0 bridgehead atoms. The maximum absolute atomic E-state index is 12.3. The number of nitrogens with zero attached hydrogens (tertiary/aromatic N) is 10. The molecular formula is C34H36N10O5S. The highest BCUT2D eigenvalue weighted by Crippen LogP contribution is 2.20. The van der Waals surface area contributed by atoms with Crippen molar-refractivity contribution in [3.05, 3.63) is 96.6 Å². The molecule has 0 N–H and O–H groups in total. The van der Waals surface area contributed by atoms with Gasteiger partial charge in [-0.25, -0.2) is 29.9 Å². The molecule has 1 aliphatic rings. The molecular weight excluding hydrogens is 661 g/mol. The van der Waals surface area contributed by atoms with E-state index in [9.17, 15) is 8.42 Å². The maximum Gasteiger partial charge on any atom is 0.297 e. The predicted octanol–water partition coefficient (Wildman–Crippen LogP) is 2.30. The summed E-state index contributed by atoms with van der Waals surface area (Å²) in [5, 5.41) is 4.15. The molecule has 258 valence electrons. The number of anilines is 2. The molecule has 1 aliphatic heterocycles. The van der Waals surface area contributed by atoms with Crippen LogP contribution in [0.4, 0.5) is 11.9 Å². The van der Waals surface area contributed by atoms with Gasteiger partial charge in [0.05, 0.1) is 66.9 Å². The van der Waals surface area contributed by atoms with E-state index in [2.05, 4.69) is 56.6 Å². The molecule has 1 fully saturated rings. The topological polar surface area (TPSA) is 163 Å². The van der Waals surface area contributed by atoms with Crippen molar-refractivity contribution in [2.24, 2.45) is 7.05 Å². The third-order valence-electron chi connectivity index (χ3n) is 7.64. The maximum atomic E-state index is 12.3. The summed E-state index contributed by atoms with van der Waals surface area (Å²) >= 11 is 0. The Morgan fingerprint density at radius 2 is 1.46 bits per heavy atom. The van der Waals surface area contributed by atoms with Crippen molar-refractivity contribution in [3.8, 4) is 23.2 Å². The number of aryl methyl sites for hydroxylation is 2. The van der Waals surface area contributed by atoms with Crippen LogP contribution in [0.3, 0.4) is 0 Å². The van der Waals surface area contributed by atoms with Gasteiger partial charge in [-0.05, 0) is 25.1 Å². The summed E-state index contributed by atoms with van der Waals surface area (Å²) in [5.74, 6) is 7.93. The second-order valence-corrected chi connectivity index (χ2v) is 13.0. The molecule has 16 heteroatoms. The number of hydrogen-bond acceptors (Lipinski definition) is 14. The Labute approximate surface area is 290 Å². The lowest BCUT2D eigenvalue weighted by molar-refractivity contribution is 0.0320. The molecule has 1 saturated heterocycles. The normalized spacial score (nSPS) is 14.7. The average molecular weight is 697 g/mol. The van der Waals surface area contributed by atoms with Gasteiger partial charge in [0.2, 0.25) is 11.9 Å². The Balaban J connectivity index is 0.989. The molecule has 0 aliphatic carbocycles. The van der Waals surface area contributed by atoms with E-state index in [-0.39, 0.29) is 30.8 Å². The molecule has 0 amide bonds. The van der Waals surface area contributed by atoms with E-state index < -0.39 is 10.1 Å². The largest absolute Gasteiger partial charge is 0.377 e. The number of piperazine rings is 1. The molecule has 15 nitrogen and oxygen atoms in total. The summed E-state index contributed by atoms with van der Waals surface area (Å²) in [6.07, 6.45) is 13.7. The Hall–Kier alpha value is -5.34. The smallest absolute Gasteiger partial charge is 0.297 e. The Bertz CT molecular complexity index is 2000. The molecule has 1 aromatic carbocycles. The monoisotopic (exact) mass is 696 g/mol. The minimum absolute atomic E-state index is 0.0909. The van der Waals surface area contributed by atoms with E-state index in [1.165, 1.54) is 12.1 Å². The number of hydrogen-bond donors (Lipinski definition) is 0. The summed E-state index contributed by atoms with van der Waals surface area (Å²) in [7, 11) is -1.99. The molecule has 5 heterocycles. The Kier molecular flexibility index (Phi) is 11.3. The number of rotatable bonds is 13. The van der Waals surface area contributed by atoms with Crippen molar-refractivity contribution >= 4 is 22.0 Å². The molecule has 1 unspecified atom stereocenters. The summed E-state index contributed by atoms with van der Waals surface area (Å²) < 4.78 is 43.0. The van der Waals surface area contributed by atoms with Gasteiger partial charge in [-0.1, -0.05) is 29.5 Å². The zero-order valence-corrected chi connectivity index (χ0v) is 28.5. The van der Waals surface area contributed by atoms with Gasteiger partial charge in [0.25, 0.3) is 10.1 Å². The van der Waals surface area contributed by atoms with Crippen molar-refractivity contribution in [2.75, 3.05) is 62.5 Å². The van der Waals surface area contributed by atoms with Gasteiger partial charge in [-0.2, -0.15) is 13.5 Å². The second-order valence-electron chi connectivity index (χ2n) is 11.3. The number of ether oxygens (including phenoxy) is 2. The highest BCUT2D eigenvalue weighted by Gasteiger charge is 2.30. The lowest BCUT2D eigenvalue weighted by Gasteiger charge is -2.41. The first-order valence-corrected chi connectivity index (χ1v) is 17.3. The second kappa shape index (κ2) is 16.4. The average Bonchev–Trinajstić information content (AvgIpc) is 3.59. The van der Waals surface area contributed by atoms with Crippen LogP contribution in [0.2, 0.25) is 0 Å². The van der Waals surface area contributed by atoms with Crippen molar-refractivity contribution < 1.29 is 22.1 Å². The molecule has 6 rings (SSSR count). The first-order valence-electron chi connectivity index (χ1n) is 15.9. The molecule has 50 heavy (non-hydrogen) atoms. The van der Waals surface area contributed by atoms with Gasteiger partial charge in [0.15, 0.2) is 5.82 Å². The Morgan fingerprint density at radius 3 is 2.14 bits per heavy atom. The van der Waals surface area contributed by atoms with E-state index >= 15 is 0 Å². The van der Waals surface area contributed by atoms with Crippen LogP contribution in [0, 0.1) is 18.8 Å². The van der Waals surface area contributed by atoms with E-state index in [0.29, 0.717) is 61.7 Å². The third kappa shape index (κ3) is 9.21. The SMILES string of the molecule is Cc1ccc(S(=O)(=O)OCCOCCOCC2CN(c3ncc(C#Cc4cnc(-c5cnn(C)c5)nc4)cn3)CCN2c2ncccn2)cc1. The van der Waals surface area contributed by atoms with Gasteiger partial charge in [0.1, 0.15) is 0 Å². The highest BCUT2D eigenvalue weighted by molar-refractivity contribution is 7.86. The van der Waals surface area contributed by atoms with Gasteiger partial charge in [-0.15, -0.1) is 0 Å². The van der Waals surface area contributed by atoms with Crippen LogP contribution in [0.5, 0.6) is 0 Å². The van der Waals surface area contributed by atoms with Crippen molar-refractivity contribution in [1.82, 2.24) is 39.7 Å². The van der Waals surface area contributed by atoms with Crippen LogP contribution in [0.25, 0.3) is 11.4 Å². The lowest BCUT2D eigenvalue weighted by Crippen LogP contribution is -2.56. The van der Waals surface area contributed by atoms with Crippen LogP contribution >= 0.6 is 0 Å². The van der Waals surface area contributed by atoms with Crippen LogP contribution in [-0.4, -0.2) is 107 Å². The van der Waals surface area contributed by atoms with Crippen LogP contribution in [-0.2, 0) is 30.8 Å². The molecule has 1 atom stereocenters. The van der Waals surface area contributed by atoms with Crippen molar-refractivity contribution in [2.45, 2.75) is 17.9 Å². The van der Waals surface area contributed by atoms with Gasteiger partial charge < -0.3 is 19.3 Å². The summed E-state index contributed by atoms with van der Waals surface area (Å²) in [6.45, 7) is 4.75. The lowest BCUT2D eigenvalue weighted by atomic mass is 10.2. The first kappa shape index (κ1) is 34.5. The van der Waals surface area contributed by atoms with Crippen LogP contribution < -0.4 is 9.80 Å². The molecule has 0 radical (unpaired) electrons. The van der Waals surface area contributed by atoms with Gasteiger partial charge in [-0.3, -0.25) is 8.86 Å². The van der Waals surface area contributed by atoms with Crippen molar-refractivity contribution in [3.63, 3.8) is 0 Å². The van der Waals surface area contributed by atoms with Crippen molar-refractivity contribution in [1.29, 1.82) is 0 Å². The molecule has 0 saturated carbocycles. The first-order chi connectivity index (χ1) is 24.3. The molecule has 4 aromatic heterocycles. The quantitative estimate of drug-likeness (QED) is 0.100. The Morgan fingerprint density at radius 1 is 0.800 bits per heavy atom. The molecule has 0 spiro atoms. The number of aromatic nitrogens is 8. The fourth-order valence-corrected chi connectivity index (χ4v) is 5.96. The fraction of sp³-hybridized carbons (Fsp3) is 0.324. The minimum atomic E-state index is -3.83. The van der Waals surface area contributed by atoms with Crippen LogP contribution in [0.1, 0.15) is 16.7 Å². The zero-order chi connectivity index (χ0) is 34.8. The fourth-order valence-electron chi connectivity index (χ4n) is 5.07. The van der Waals surface area contributed by atoms with E-state index in [1.54, 1.807) is 66.3 Å². The van der Waals surface area contributed by atoms with Gasteiger partial charge in [0, 0.05) is 70.1 Å². The minimum Gasteiger partial charge on any atom is -0.377 e. The van der Waals surface area contributed by atoms with E-state index in [4.69, 9.17) is 13.7 Å². The number of benzene rings is 1. The predicted molar refractivity (Wildman–Crippen MR) is 184 cm³/mol. The summed E-state index contributed by atoms with van der Waals surface area (Å²) in [5.41, 5.74) is 3.14. The highest BCUT2D eigenvalue weighted by atomic mass is 32.2.